The lowest BCUT2D eigenvalue weighted by molar-refractivity contribution is 0.0766. The molecule has 0 radical (unpaired) electrons. The predicted octanol–water partition coefficient (Wildman–Crippen LogP) is 1.28. The Bertz CT molecular complexity index is 367. The third-order valence-corrected chi connectivity index (χ3v) is 4.10. The van der Waals surface area contributed by atoms with Gasteiger partial charge in [0.2, 0.25) is 0 Å². The van der Waals surface area contributed by atoms with Crippen LogP contribution in [0.2, 0.25) is 0 Å². The van der Waals surface area contributed by atoms with E-state index >= 15 is 0 Å². The van der Waals surface area contributed by atoms with Crippen molar-refractivity contribution >= 4 is 17.2 Å². The van der Waals surface area contributed by atoms with Gasteiger partial charge in [-0.3, -0.25) is 4.79 Å². The van der Waals surface area contributed by atoms with Crippen molar-refractivity contribution < 1.29 is 9.90 Å². The van der Waals surface area contributed by atoms with Crippen LogP contribution in [-0.4, -0.2) is 60.1 Å². The van der Waals surface area contributed by atoms with E-state index < -0.39 is 0 Å². The first-order valence-corrected chi connectivity index (χ1v) is 7.35. The number of aliphatic hydroxyl groups excluding tert-OH is 1. The molecule has 1 saturated heterocycles. The van der Waals surface area contributed by atoms with Crippen LogP contribution in [0.3, 0.4) is 0 Å². The molecule has 1 N–H and O–H groups in total. The van der Waals surface area contributed by atoms with Crippen LogP contribution in [0.4, 0.5) is 0 Å². The van der Waals surface area contributed by atoms with E-state index in [1.807, 2.05) is 22.4 Å². The van der Waals surface area contributed by atoms with Crippen molar-refractivity contribution in [2.24, 2.45) is 0 Å². The summed E-state index contributed by atoms with van der Waals surface area (Å²) in [6.07, 6.45) is 1.83. The predicted molar refractivity (Wildman–Crippen MR) is 73.0 cm³/mol. The molecule has 0 saturated carbocycles. The fraction of sp³-hybridized carbons (Fsp3) is 0.615. The molecule has 1 fully saturated rings. The number of rotatable bonds is 4. The third kappa shape index (κ3) is 3.54. The van der Waals surface area contributed by atoms with Gasteiger partial charge in [0.25, 0.3) is 5.91 Å². The largest absolute Gasteiger partial charge is 0.396 e. The summed E-state index contributed by atoms with van der Waals surface area (Å²) in [4.78, 5) is 17.3. The maximum absolute atomic E-state index is 12.2. The van der Waals surface area contributed by atoms with Crippen molar-refractivity contribution in [1.29, 1.82) is 0 Å². The van der Waals surface area contributed by atoms with Crippen LogP contribution in [0.1, 0.15) is 22.5 Å². The Kier molecular flexibility index (Phi) is 5.16. The van der Waals surface area contributed by atoms with Crippen LogP contribution in [-0.2, 0) is 0 Å². The molecule has 1 aromatic heterocycles. The molecule has 2 heterocycles. The molecular weight excluding hydrogens is 248 g/mol. The van der Waals surface area contributed by atoms with E-state index in [2.05, 4.69) is 4.90 Å². The summed E-state index contributed by atoms with van der Waals surface area (Å²) in [5.74, 6) is 0.161. The molecule has 1 aromatic rings. The maximum atomic E-state index is 12.2. The second kappa shape index (κ2) is 6.87. The van der Waals surface area contributed by atoms with Crippen molar-refractivity contribution in [2.75, 3.05) is 39.3 Å². The van der Waals surface area contributed by atoms with Gasteiger partial charge in [-0.15, -0.1) is 11.3 Å². The van der Waals surface area contributed by atoms with Gasteiger partial charge in [0.05, 0.1) is 4.88 Å². The first kappa shape index (κ1) is 13.5. The summed E-state index contributed by atoms with van der Waals surface area (Å²) in [6, 6.07) is 3.81. The highest BCUT2D eigenvalue weighted by atomic mass is 32.1. The molecule has 4 nitrogen and oxygen atoms in total. The number of thiophene rings is 1. The normalized spacial score (nSPS) is 17.7. The van der Waals surface area contributed by atoms with Gasteiger partial charge in [-0.05, 0) is 30.8 Å². The minimum Gasteiger partial charge on any atom is -0.396 e. The van der Waals surface area contributed by atoms with E-state index in [1.165, 1.54) is 11.3 Å². The minimum absolute atomic E-state index is 0.161. The highest BCUT2D eigenvalue weighted by molar-refractivity contribution is 7.12. The number of nitrogens with zero attached hydrogens (tertiary/aromatic N) is 2. The summed E-state index contributed by atoms with van der Waals surface area (Å²) in [5.41, 5.74) is 0. The molecule has 100 valence electrons. The Labute approximate surface area is 112 Å². The molecule has 0 bridgehead atoms. The summed E-state index contributed by atoms with van der Waals surface area (Å²) < 4.78 is 0. The maximum Gasteiger partial charge on any atom is 0.263 e. The average Bonchev–Trinajstić information content (AvgIpc) is 2.82. The zero-order chi connectivity index (χ0) is 12.8. The summed E-state index contributed by atoms with van der Waals surface area (Å²) in [6.45, 7) is 4.74. The molecule has 0 atom stereocenters. The van der Waals surface area contributed by atoms with Gasteiger partial charge in [-0.1, -0.05) is 6.07 Å². The van der Waals surface area contributed by atoms with E-state index in [1.54, 1.807) is 0 Å². The van der Waals surface area contributed by atoms with Crippen molar-refractivity contribution in [1.82, 2.24) is 9.80 Å². The second-order valence-electron chi connectivity index (χ2n) is 4.54. The van der Waals surface area contributed by atoms with Gasteiger partial charge in [0.15, 0.2) is 0 Å². The molecule has 5 heteroatoms. The Balaban J connectivity index is 1.87. The first-order valence-electron chi connectivity index (χ1n) is 6.47. The van der Waals surface area contributed by atoms with Crippen LogP contribution in [0.5, 0.6) is 0 Å². The SMILES string of the molecule is O=C(c1cccs1)N1CCCN(CCCO)CC1. The van der Waals surface area contributed by atoms with Crippen molar-refractivity contribution in [2.45, 2.75) is 12.8 Å². The van der Waals surface area contributed by atoms with Crippen LogP contribution in [0.15, 0.2) is 17.5 Å². The second-order valence-corrected chi connectivity index (χ2v) is 5.49. The number of hydrogen-bond donors (Lipinski definition) is 1. The fourth-order valence-corrected chi connectivity index (χ4v) is 2.94. The third-order valence-electron chi connectivity index (χ3n) is 3.24. The van der Waals surface area contributed by atoms with E-state index in [0.29, 0.717) is 0 Å². The molecule has 0 spiro atoms. The Hall–Kier alpha value is -0.910. The number of aliphatic hydroxyl groups is 1. The van der Waals surface area contributed by atoms with Crippen molar-refractivity contribution in [3.05, 3.63) is 22.4 Å². The Morgan fingerprint density at radius 2 is 2.22 bits per heavy atom. The lowest BCUT2D eigenvalue weighted by atomic mass is 10.3. The lowest BCUT2D eigenvalue weighted by Gasteiger charge is -2.21. The highest BCUT2D eigenvalue weighted by Crippen LogP contribution is 2.14. The van der Waals surface area contributed by atoms with Gasteiger partial charge in [-0.2, -0.15) is 0 Å². The molecule has 18 heavy (non-hydrogen) atoms. The zero-order valence-electron chi connectivity index (χ0n) is 10.5. The molecule has 2 rings (SSSR count). The van der Waals surface area contributed by atoms with E-state index in [4.69, 9.17) is 5.11 Å². The van der Waals surface area contributed by atoms with Gasteiger partial charge in [0, 0.05) is 32.8 Å². The summed E-state index contributed by atoms with van der Waals surface area (Å²) >= 11 is 1.51. The van der Waals surface area contributed by atoms with Crippen LogP contribution < -0.4 is 0 Å². The highest BCUT2D eigenvalue weighted by Gasteiger charge is 2.20. The monoisotopic (exact) mass is 268 g/mol. The molecule has 0 unspecified atom stereocenters. The van der Waals surface area contributed by atoms with Crippen LogP contribution in [0.25, 0.3) is 0 Å². The van der Waals surface area contributed by atoms with E-state index in [9.17, 15) is 4.79 Å². The van der Waals surface area contributed by atoms with Crippen LogP contribution in [0, 0.1) is 0 Å². The molecule has 1 amide bonds. The molecular formula is C13H20N2O2S. The van der Waals surface area contributed by atoms with E-state index in [0.717, 1.165) is 50.4 Å². The zero-order valence-corrected chi connectivity index (χ0v) is 11.4. The standard InChI is InChI=1S/C13H20N2O2S/c16-10-3-6-14-5-2-7-15(9-8-14)13(17)12-4-1-11-18-12/h1,4,11,16H,2-3,5-10H2. The van der Waals surface area contributed by atoms with Crippen molar-refractivity contribution in [3.8, 4) is 0 Å². The lowest BCUT2D eigenvalue weighted by Crippen LogP contribution is -2.35. The van der Waals surface area contributed by atoms with E-state index in [-0.39, 0.29) is 12.5 Å². The van der Waals surface area contributed by atoms with Gasteiger partial charge >= 0.3 is 0 Å². The number of hydrogen-bond acceptors (Lipinski definition) is 4. The molecule has 0 aromatic carbocycles. The molecule has 1 aliphatic rings. The summed E-state index contributed by atoms with van der Waals surface area (Å²) in [5, 5.41) is 10.8. The quantitative estimate of drug-likeness (QED) is 0.894. The summed E-state index contributed by atoms with van der Waals surface area (Å²) in [7, 11) is 0. The number of amides is 1. The average molecular weight is 268 g/mol. The molecule has 1 aliphatic heterocycles. The minimum atomic E-state index is 0.161. The number of carbonyl (C=O) groups excluding carboxylic acids is 1. The number of carbonyl (C=O) groups is 1. The van der Waals surface area contributed by atoms with Gasteiger partial charge in [0.1, 0.15) is 0 Å². The Morgan fingerprint density at radius 1 is 1.33 bits per heavy atom. The first-order chi connectivity index (χ1) is 8.81. The van der Waals surface area contributed by atoms with Gasteiger partial charge < -0.3 is 14.9 Å². The fourth-order valence-electron chi connectivity index (χ4n) is 2.25. The van der Waals surface area contributed by atoms with Gasteiger partial charge in [-0.25, -0.2) is 0 Å². The van der Waals surface area contributed by atoms with Crippen molar-refractivity contribution in [3.63, 3.8) is 0 Å². The molecule has 0 aliphatic carbocycles. The smallest absolute Gasteiger partial charge is 0.263 e. The van der Waals surface area contributed by atoms with Crippen LogP contribution >= 0.6 is 11.3 Å². The Morgan fingerprint density at radius 3 is 2.94 bits per heavy atom. The topological polar surface area (TPSA) is 43.8 Å².